The molecule has 2 heteroatoms. The van der Waals surface area contributed by atoms with E-state index in [2.05, 4.69) is 12.2 Å². The van der Waals surface area contributed by atoms with Gasteiger partial charge >= 0.3 is 0 Å². The Morgan fingerprint density at radius 2 is 1.50 bits per heavy atom. The van der Waals surface area contributed by atoms with Gasteiger partial charge in [0.05, 0.1) is 0 Å². The normalized spacial score (nSPS) is 13.2. The average molecular weight is 228 g/mol. The van der Waals surface area contributed by atoms with E-state index in [0.717, 1.165) is 12.8 Å². The van der Waals surface area contributed by atoms with Crippen LogP contribution in [0.1, 0.15) is 79.4 Å². The van der Waals surface area contributed by atoms with Crippen molar-refractivity contribution >= 4 is 5.91 Å². The molecule has 0 fully saturated rings. The fraction of sp³-hybridized carbons (Fsp3) is 0.929. The summed E-state index contributed by atoms with van der Waals surface area (Å²) in [5, 5.41) is 2.69. The summed E-state index contributed by atoms with van der Waals surface area (Å²) in [7, 11) is 0. The lowest BCUT2D eigenvalue weighted by atomic mass is 10.1. The van der Waals surface area contributed by atoms with Gasteiger partial charge in [-0.2, -0.15) is 0 Å². The second-order valence-electron chi connectivity index (χ2n) is 4.49. The molecule has 0 aromatic heterocycles. The molecule has 0 aliphatic carbocycles. The molecule has 2 nitrogen and oxygen atoms in total. The van der Waals surface area contributed by atoms with Crippen LogP contribution in [0.3, 0.4) is 0 Å². The summed E-state index contributed by atoms with van der Waals surface area (Å²) >= 11 is 0. The van der Waals surface area contributed by atoms with E-state index >= 15 is 0 Å². The maximum absolute atomic E-state index is 10.7. The van der Waals surface area contributed by atoms with Gasteiger partial charge in [0, 0.05) is 14.8 Å². The van der Waals surface area contributed by atoms with E-state index in [4.69, 9.17) is 1.37 Å². The summed E-state index contributed by atoms with van der Waals surface area (Å²) in [6.07, 6.45) is 11.2. The van der Waals surface area contributed by atoms with Crippen LogP contribution in [0.25, 0.3) is 0 Å². The molecule has 0 aromatic carbocycles. The van der Waals surface area contributed by atoms with Gasteiger partial charge in [-0.05, 0) is 6.40 Å². The first-order valence-electron chi connectivity index (χ1n) is 7.41. The summed E-state index contributed by atoms with van der Waals surface area (Å²) in [6.45, 7) is 4.25. The zero-order valence-electron chi connectivity index (χ0n) is 12.1. The molecule has 96 valence electrons. The quantitative estimate of drug-likeness (QED) is 0.531. The molecule has 0 aliphatic rings. The SMILES string of the molecule is [2H]C(CCCCCCCCCC)CNC(C)=O. The van der Waals surface area contributed by atoms with Crippen LogP contribution in [-0.4, -0.2) is 12.5 Å². The Bertz CT molecular complexity index is 185. The highest BCUT2D eigenvalue weighted by atomic mass is 16.1. The highest BCUT2D eigenvalue weighted by Crippen LogP contribution is 2.10. The van der Waals surface area contributed by atoms with Gasteiger partial charge in [-0.25, -0.2) is 0 Å². The fourth-order valence-corrected chi connectivity index (χ4v) is 1.74. The maximum Gasteiger partial charge on any atom is 0.216 e. The first kappa shape index (κ1) is 13.5. The monoisotopic (exact) mass is 228 g/mol. The lowest BCUT2D eigenvalue weighted by molar-refractivity contribution is -0.118. The molecule has 1 atom stereocenters. The van der Waals surface area contributed by atoms with Crippen LogP contribution in [0.15, 0.2) is 0 Å². The predicted octanol–water partition coefficient (Wildman–Crippen LogP) is 4.04. The number of unbranched alkanes of at least 4 members (excludes halogenated alkanes) is 7. The second-order valence-corrected chi connectivity index (χ2v) is 4.49. The number of carbonyl (C=O) groups is 1. The number of carbonyl (C=O) groups excluding carboxylic acids is 1. The van der Waals surface area contributed by atoms with E-state index in [9.17, 15) is 4.79 Å². The zero-order chi connectivity index (χ0) is 12.9. The molecule has 0 aliphatic heterocycles. The van der Waals surface area contributed by atoms with Crippen LogP contribution in [0.5, 0.6) is 0 Å². The number of amides is 1. The van der Waals surface area contributed by atoms with Gasteiger partial charge in [0.25, 0.3) is 0 Å². The van der Waals surface area contributed by atoms with Gasteiger partial charge in [-0.15, -0.1) is 0 Å². The highest BCUT2D eigenvalue weighted by molar-refractivity contribution is 5.72. The smallest absolute Gasteiger partial charge is 0.216 e. The Kier molecular flexibility index (Phi) is 10.6. The van der Waals surface area contributed by atoms with E-state index in [0.29, 0.717) is 6.54 Å². The molecule has 0 rings (SSSR count). The highest BCUT2D eigenvalue weighted by Gasteiger charge is 1.93. The van der Waals surface area contributed by atoms with Gasteiger partial charge in [0.1, 0.15) is 0 Å². The third kappa shape index (κ3) is 13.5. The van der Waals surface area contributed by atoms with E-state index in [-0.39, 0.29) is 12.3 Å². The number of hydrogen-bond donors (Lipinski definition) is 1. The minimum Gasteiger partial charge on any atom is -0.356 e. The molecule has 1 unspecified atom stereocenters. The first-order chi connectivity index (χ1) is 8.16. The molecule has 0 aromatic rings. The third-order valence-corrected chi connectivity index (χ3v) is 2.76. The Balaban J connectivity index is 3.13. The Morgan fingerprint density at radius 3 is 2.00 bits per heavy atom. The number of rotatable bonds is 11. The molecule has 1 N–H and O–H groups in total. The summed E-state index contributed by atoms with van der Waals surface area (Å²) in [4.78, 5) is 10.7. The summed E-state index contributed by atoms with van der Waals surface area (Å²) in [5.41, 5.74) is 0. The summed E-state index contributed by atoms with van der Waals surface area (Å²) in [6, 6.07) is 0. The molecular weight excluding hydrogens is 198 g/mol. The van der Waals surface area contributed by atoms with E-state index < -0.39 is 0 Å². The van der Waals surface area contributed by atoms with Crippen LogP contribution < -0.4 is 5.32 Å². The van der Waals surface area contributed by atoms with Crippen molar-refractivity contribution in [2.24, 2.45) is 0 Å². The average Bonchev–Trinajstić information content (AvgIpc) is 2.30. The predicted molar refractivity (Wildman–Crippen MR) is 70.5 cm³/mol. The van der Waals surface area contributed by atoms with Gasteiger partial charge in [0.2, 0.25) is 5.91 Å². The first-order valence-corrected chi connectivity index (χ1v) is 6.83. The Morgan fingerprint density at radius 1 is 1.00 bits per heavy atom. The minimum atomic E-state index is -0.126. The van der Waals surface area contributed by atoms with E-state index in [1.807, 2.05) is 0 Å². The Hall–Kier alpha value is -0.530. The van der Waals surface area contributed by atoms with Gasteiger partial charge in [-0.1, -0.05) is 64.7 Å². The number of hydrogen-bond acceptors (Lipinski definition) is 1. The van der Waals surface area contributed by atoms with Gasteiger partial charge < -0.3 is 5.32 Å². The van der Waals surface area contributed by atoms with Crippen molar-refractivity contribution < 1.29 is 6.17 Å². The summed E-state index contributed by atoms with van der Waals surface area (Å²) in [5.74, 6) is -0.0295. The molecule has 0 spiro atoms. The van der Waals surface area contributed by atoms with Crippen molar-refractivity contribution in [2.75, 3.05) is 6.54 Å². The zero-order valence-corrected chi connectivity index (χ0v) is 11.1. The summed E-state index contributed by atoms with van der Waals surface area (Å²) < 4.78 is 7.72. The van der Waals surface area contributed by atoms with Crippen molar-refractivity contribution in [1.82, 2.24) is 5.32 Å². The lowest BCUT2D eigenvalue weighted by Gasteiger charge is -2.03. The molecule has 0 saturated heterocycles. The van der Waals surface area contributed by atoms with Crippen molar-refractivity contribution in [2.45, 2.75) is 78.0 Å². The van der Waals surface area contributed by atoms with Crippen LogP contribution in [-0.2, 0) is 4.79 Å². The van der Waals surface area contributed by atoms with Crippen molar-refractivity contribution in [3.63, 3.8) is 0 Å². The molecule has 0 bridgehead atoms. The standard InChI is InChI=1S/C14H29NO/c1-3-4-5-6-7-8-9-10-11-12-13-15-14(2)16/h3-13H2,1-2H3,(H,15,16)/i12D. The topological polar surface area (TPSA) is 29.1 Å². The van der Waals surface area contributed by atoms with Gasteiger partial charge in [0.15, 0.2) is 0 Å². The molecule has 1 amide bonds. The molecule has 0 heterocycles. The minimum absolute atomic E-state index is 0.0295. The van der Waals surface area contributed by atoms with E-state index in [1.165, 1.54) is 51.9 Å². The molecule has 16 heavy (non-hydrogen) atoms. The second kappa shape index (κ2) is 12.5. The third-order valence-electron chi connectivity index (χ3n) is 2.76. The molecular formula is C14H29NO. The number of nitrogens with one attached hydrogen (secondary N) is 1. The van der Waals surface area contributed by atoms with Crippen LogP contribution >= 0.6 is 0 Å². The largest absolute Gasteiger partial charge is 0.356 e. The van der Waals surface area contributed by atoms with Crippen molar-refractivity contribution in [1.29, 1.82) is 0 Å². The van der Waals surface area contributed by atoms with Gasteiger partial charge in [-0.3, -0.25) is 4.79 Å². The van der Waals surface area contributed by atoms with Crippen LogP contribution in [0.4, 0.5) is 0 Å². The fourth-order valence-electron chi connectivity index (χ4n) is 1.74. The van der Waals surface area contributed by atoms with E-state index in [1.54, 1.807) is 0 Å². The molecule has 0 radical (unpaired) electrons. The maximum atomic E-state index is 10.7. The van der Waals surface area contributed by atoms with Crippen molar-refractivity contribution in [3.05, 3.63) is 0 Å². The Labute approximate surface area is 103 Å². The lowest BCUT2D eigenvalue weighted by Crippen LogP contribution is -2.20. The molecule has 0 saturated carbocycles. The van der Waals surface area contributed by atoms with Crippen LogP contribution in [0.2, 0.25) is 0 Å². The van der Waals surface area contributed by atoms with Crippen LogP contribution in [0, 0.1) is 0 Å². The van der Waals surface area contributed by atoms with Crippen molar-refractivity contribution in [3.8, 4) is 0 Å².